The molecule has 0 saturated carbocycles. The zero-order chi connectivity index (χ0) is 21.0. The number of fused-ring (bicyclic) bond motifs is 2. The van der Waals surface area contributed by atoms with Crippen LogP contribution in [-0.4, -0.2) is 30.4 Å². The van der Waals surface area contributed by atoms with Crippen molar-refractivity contribution in [2.75, 3.05) is 0 Å². The van der Waals surface area contributed by atoms with Crippen molar-refractivity contribution < 1.29 is 18.7 Å². The Morgan fingerprint density at radius 1 is 1.28 bits per heavy atom. The maximum Gasteiger partial charge on any atom is 0.333 e. The topological polar surface area (TPSA) is 105 Å². The van der Waals surface area contributed by atoms with E-state index in [-0.39, 0.29) is 46.2 Å². The van der Waals surface area contributed by atoms with E-state index in [1.54, 1.807) is 14.0 Å². The first-order valence-corrected chi connectivity index (χ1v) is 8.87. The average Bonchev–Trinajstić information content (AvgIpc) is 3.19. The summed E-state index contributed by atoms with van der Waals surface area (Å²) in [6.07, 6.45) is 1.51. The van der Waals surface area contributed by atoms with Crippen molar-refractivity contribution in [3.8, 4) is 5.75 Å². The summed E-state index contributed by atoms with van der Waals surface area (Å²) in [6.45, 7) is 1.05. The Kier molecular flexibility index (Phi) is 4.21. The SMILES string of the molecule is CC1CC(=O)c2c(OC(=O)Cn3c(=O)c4c(ncn4C)n(C)c3=O)ccc(F)c21. The second-order valence-electron chi connectivity index (χ2n) is 7.10. The zero-order valence-electron chi connectivity index (χ0n) is 15.9. The molecule has 0 amide bonds. The number of halogens is 1. The molecule has 2 heterocycles. The van der Waals surface area contributed by atoms with Gasteiger partial charge in [-0.15, -0.1) is 0 Å². The minimum absolute atomic E-state index is 0.0354. The van der Waals surface area contributed by atoms with Gasteiger partial charge in [-0.25, -0.2) is 23.5 Å². The van der Waals surface area contributed by atoms with Gasteiger partial charge in [0.1, 0.15) is 18.1 Å². The van der Waals surface area contributed by atoms with E-state index in [4.69, 9.17) is 4.74 Å². The van der Waals surface area contributed by atoms with Gasteiger partial charge in [0.25, 0.3) is 5.56 Å². The molecular weight excluding hydrogens is 383 g/mol. The molecule has 1 aliphatic rings. The van der Waals surface area contributed by atoms with E-state index >= 15 is 0 Å². The van der Waals surface area contributed by atoms with Gasteiger partial charge in [0.15, 0.2) is 16.9 Å². The number of esters is 1. The summed E-state index contributed by atoms with van der Waals surface area (Å²) >= 11 is 0. The second-order valence-corrected chi connectivity index (χ2v) is 7.10. The van der Waals surface area contributed by atoms with E-state index in [2.05, 4.69) is 4.98 Å². The molecule has 0 bridgehead atoms. The number of imidazole rings is 1. The number of ketones is 1. The van der Waals surface area contributed by atoms with Crippen LogP contribution in [0.15, 0.2) is 28.0 Å². The molecule has 150 valence electrons. The molecule has 0 fully saturated rings. The van der Waals surface area contributed by atoms with Crippen molar-refractivity contribution in [3.05, 3.63) is 56.2 Å². The van der Waals surface area contributed by atoms with Gasteiger partial charge < -0.3 is 9.30 Å². The van der Waals surface area contributed by atoms with Crippen LogP contribution >= 0.6 is 0 Å². The number of carbonyl (C=O) groups is 2. The fourth-order valence-electron chi connectivity index (χ4n) is 3.73. The Bertz CT molecular complexity index is 1320. The van der Waals surface area contributed by atoms with Crippen molar-refractivity contribution >= 4 is 22.9 Å². The van der Waals surface area contributed by atoms with Crippen LogP contribution in [0.25, 0.3) is 11.2 Å². The first-order valence-electron chi connectivity index (χ1n) is 8.87. The predicted octanol–water partition coefficient (Wildman–Crippen LogP) is 0.868. The smallest absolute Gasteiger partial charge is 0.333 e. The molecule has 1 atom stereocenters. The van der Waals surface area contributed by atoms with Gasteiger partial charge in [-0.2, -0.15) is 0 Å². The van der Waals surface area contributed by atoms with Crippen LogP contribution in [0.2, 0.25) is 0 Å². The highest BCUT2D eigenvalue weighted by molar-refractivity contribution is 6.04. The Labute approximate surface area is 163 Å². The maximum atomic E-state index is 14.1. The summed E-state index contributed by atoms with van der Waals surface area (Å²) in [4.78, 5) is 53.9. The highest BCUT2D eigenvalue weighted by Gasteiger charge is 2.33. The third-order valence-electron chi connectivity index (χ3n) is 5.13. The highest BCUT2D eigenvalue weighted by atomic mass is 19.1. The number of aryl methyl sites for hydroxylation is 2. The van der Waals surface area contributed by atoms with Crippen LogP contribution in [0.4, 0.5) is 4.39 Å². The van der Waals surface area contributed by atoms with Crippen LogP contribution in [0.3, 0.4) is 0 Å². The Morgan fingerprint density at radius 3 is 2.72 bits per heavy atom. The summed E-state index contributed by atoms with van der Waals surface area (Å²) in [7, 11) is 3.03. The molecule has 0 saturated heterocycles. The van der Waals surface area contributed by atoms with Crippen LogP contribution in [-0.2, 0) is 25.4 Å². The molecule has 3 aromatic rings. The molecule has 1 unspecified atom stereocenters. The number of nitrogens with zero attached hydrogens (tertiary/aromatic N) is 4. The lowest BCUT2D eigenvalue weighted by molar-refractivity contribution is -0.135. The van der Waals surface area contributed by atoms with E-state index in [9.17, 15) is 23.6 Å². The number of benzene rings is 1. The molecule has 10 heteroatoms. The molecular formula is C19H17FN4O5. The minimum Gasteiger partial charge on any atom is -0.424 e. The molecule has 29 heavy (non-hydrogen) atoms. The number of aromatic nitrogens is 4. The van der Waals surface area contributed by atoms with E-state index in [1.165, 1.54) is 24.0 Å². The molecule has 0 N–H and O–H groups in total. The molecule has 9 nitrogen and oxygen atoms in total. The molecule has 1 aliphatic carbocycles. The second kappa shape index (κ2) is 6.50. The van der Waals surface area contributed by atoms with Gasteiger partial charge in [0, 0.05) is 26.1 Å². The standard InChI is InChI=1S/C19H17FN4O5/c1-9-6-11(25)15-12(5-4-10(20)14(9)15)29-13(26)7-24-18(27)16-17(21-8-22(16)2)23(3)19(24)28/h4-5,8-9H,6-7H2,1-3H3. The van der Waals surface area contributed by atoms with Crippen molar-refractivity contribution in [1.82, 2.24) is 18.7 Å². The van der Waals surface area contributed by atoms with Gasteiger partial charge in [-0.1, -0.05) is 6.92 Å². The fraction of sp³-hybridized carbons (Fsp3) is 0.316. The minimum atomic E-state index is -0.924. The molecule has 1 aromatic carbocycles. The van der Waals surface area contributed by atoms with Crippen LogP contribution < -0.4 is 16.0 Å². The van der Waals surface area contributed by atoms with Crippen molar-refractivity contribution in [1.29, 1.82) is 0 Å². The first-order chi connectivity index (χ1) is 13.7. The largest absolute Gasteiger partial charge is 0.424 e. The summed E-state index contributed by atoms with van der Waals surface area (Å²) in [5.41, 5.74) is -0.811. The highest BCUT2D eigenvalue weighted by Crippen LogP contribution is 2.39. The number of Topliss-reactive ketones (excluding diaryl/α,β-unsaturated/α-hetero) is 1. The molecule has 0 radical (unpaired) electrons. The van der Waals surface area contributed by atoms with Crippen molar-refractivity contribution in [2.24, 2.45) is 14.1 Å². The van der Waals surface area contributed by atoms with Gasteiger partial charge in [0.05, 0.1) is 11.9 Å². The van der Waals surface area contributed by atoms with E-state index < -0.39 is 29.6 Å². The van der Waals surface area contributed by atoms with E-state index in [0.717, 1.165) is 15.2 Å². The number of hydrogen-bond acceptors (Lipinski definition) is 6. The average molecular weight is 400 g/mol. The molecule has 0 aliphatic heterocycles. The fourth-order valence-corrected chi connectivity index (χ4v) is 3.73. The molecule has 4 rings (SSSR count). The van der Waals surface area contributed by atoms with Gasteiger partial charge >= 0.3 is 11.7 Å². The third-order valence-corrected chi connectivity index (χ3v) is 5.13. The number of carbonyl (C=O) groups excluding carboxylic acids is 2. The Morgan fingerprint density at radius 2 is 2.00 bits per heavy atom. The monoisotopic (exact) mass is 400 g/mol. The predicted molar refractivity (Wildman–Crippen MR) is 99.6 cm³/mol. The first kappa shape index (κ1) is 18.8. The van der Waals surface area contributed by atoms with Gasteiger partial charge in [0.2, 0.25) is 0 Å². The summed E-state index contributed by atoms with van der Waals surface area (Å²) < 4.78 is 22.7. The lowest BCUT2D eigenvalue weighted by atomic mass is 10.0. The normalized spacial score (nSPS) is 15.7. The van der Waals surface area contributed by atoms with E-state index in [0.29, 0.717) is 0 Å². The van der Waals surface area contributed by atoms with Crippen LogP contribution in [0.5, 0.6) is 5.75 Å². The lowest BCUT2D eigenvalue weighted by Gasteiger charge is -2.12. The Hall–Kier alpha value is -3.56. The quantitative estimate of drug-likeness (QED) is 0.477. The van der Waals surface area contributed by atoms with Gasteiger partial charge in [-0.3, -0.25) is 14.2 Å². The lowest BCUT2D eigenvalue weighted by Crippen LogP contribution is -2.42. The summed E-state index contributed by atoms with van der Waals surface area (Å²) in [5.74, 6) is -2.18. The number of hydrogen-bond donors (Lipinski definition) is 0. The number of ether oxygens (including phenoxy) is 1. The summed E-state index contributed by atoms with van der Waals surface area (Å²) in [5, 5.41) is 0. The van der Waals surface area contributed by atoms with Crippen LogP contribution in [0, 0.1) is 5.82 Å². The third kappa shape index (κ3) is 2.79. The van der Waals surface area contributed by atoms with Gasteiger partial charge in [-0.05, 0) is 18.1 Å². The maximum absolute atomic E-state index is 14.1. The molecule has 0 spiro atoms. The number of rotatable bonds is 3. The summed E-state index contributed by atoms with van der Waals surface area (Å²) in [6, 6.07) is 2.33. The van der Waals surface area contributed by atoms with E-state index in [1.807, 2.05) is 0 Å². The van der Waals surface area contributed by atoms with Crippen molar-refractivity contribution in [3.63, 3.8) is 0 Å². The molecule has 2 aromatic heterocycles. The Balaban J connectivity index is 1.71. The zero-order valence-corrected chi connectivity index (χ0v) is 15.9. The van der Waals surface area contributed by atoms with Crippen molar-refractivity contribution in [2.45, 2.75) is 25.8 Å². The van der Waals surface area contributed by atoms with Crippen LogP contribution in [0.1, 0.15) is 35.2 Å².